The summed E-state index contributed by atoms with van der Waals surface area (Å²) in [5.41, 5.74) is 1.76. The Labute approximate surface area is 385 Å². The van der Waals surface area contributed by atoms with Crippen LogP contribution in [-0.2, 0) is 41.1 Å². The molecular weight excluding hydrogens is 844 g/mol. The van der Waals surface area contributed by atoms with Crippen LogP contribution in [0.2, 0.25) is 5.02 Å². The van der Waals surface area contributed by atoms with Gasteiger partial charge in [0.15, 0.2) is 5.60 Å². The molecule has 0 radical (unpaired) electrons. The van der Waals surface area contributed by atoms with Gasteiger partial charge >= 0.3 is 17.9 Å². The number of ether oxygens (including phenoxy) is 4. The second kappa shape index (κ2) is 16.0. The number of likely N-dealkylation sites (N-methyl/N-ethyl adjacent to an activating group) is 1. The number of H-pyrrole nitrogens is 1. The molecule has 12 nitrogen and oxygen atoms in total. The van der Waals surface area contributed by atoms with Crippen molar-refractivity contribution in [2.24, 2.45) is 11.3 Å². The highest BCUT2D eigenvalue weighted by Crippen LogP contribution is 2.68. The lowest BCUT2D eigenvalue weighted by Gasteiger charge is -2.64. The Balaban J connectivity index is 1.24. The van der Waals surface area contributed by atoms with Gasteiger partial charge in [-0.2, -0.15) is 0 Å². The Bertz CT molecular complexity index is 2660. The number of esters is 3. The number of anilines is 1. The number of benzene rings is 3. The molecule has 1 aliphatic carbocycles. The number of aliphatic hydroxyl groups is 1. The molecule has 2 bridgehead atoms. The van der Waals surface area contributed by atoms with Crippen LogP contribution in [0.25, 0.3) is 10.9 Å². The quantitative estimate of drug-likeness (QED) is 0.101. The van der Waals surface area contributed by atoms with Crippen molar-refractivity contribution in [3.8, 4) is 5.75 Å². The minimum Gasteiger partial charge on any atom is -0.496 e. The van der Waals surface area contributed by atoms with Crippen molar-refractivity contribution in [2.75, 3.05) is 65.5 Å². The molecule has 1 saturated carbocycles. The second-order valence-corrected chi connectivity index (χ2v) is 19.6. The molecule has 1 aromatic heterocycles. The number of aromatic nitrogens is 1. The number of nitrogens with one attached hydrogen (secondary N) is 1. The number of hydrogen-bond acceptors (Lipinski definition) is 11. The first-order chi connectivity index (χ1) is 31.3. The number of aromatic amines is 1. The Morgan fingerprint density at radius 2 is 1.78 bits per heavy atom. The number of carbonyl (C=O) groups excluding carboxylic acids is 3. The van der Waals surface area contributed by atoms with E-state index in [9.17, 15) is 14.7 Å². The summed E-state index contributed by atoms with van der Waals surface area (Å²) in [4.78, 5) is 53.5. The summed E-state index contributed by atoms with van der Waals surface area (Å²) in [5.74, 6) is -1.10. The molecule has 4 aromatic rings. The van der Waals surface area contributed by atoms with Crippen LogP contribution in [0.3, 0.4) is 0 Å². The number of carbonyl (C=O) groups is 3. The number of halogens is 1. The van der Waals surface area contributed by atoms with Gasteiger partial charge in [-0.15, -0.1) is 0 Å². The lowest BCUT2D eigenvalue weighted by atomic mass is 9.47. The third-order valence-corrected chi connectivity index (χ3v) is 16.5. The van der Waals surface area contributed by atoms with Crippen LogP contribution < -0.4 is 9.64 Å². The van der Waals surface area contributed by atoms with Crippen LogP contribution in [0.1, 0.15) is 79.2 Å². The number of hydrogen-bond donors (Lipinski definition) is 2. The number of rotatable bonds is 9. The molecule has 1 unspecified atom stereocenters. The molecule has 6 aliphatic rings. The van der Waals surface area contributed by atoms with Crippen LogP contribution in [0.4, 0.5) is 5.69 Å². The van der Waals surface area contributed by atoms with Crippen LogP contribution in [0, 0.1) is 11.3 Å². The highest BCUT2D eigenvalue weighted by Gasteiger charge is 2.78. The Morgan fingerprint density at radius 1 is 1.00 bits per heavy atom. The average Bonchev–Trinajstić information content (AvgIpc) is 3.97. The van der Waals surface area contributed by atoms with Crippen molar-refractivity contribution < 1.29 is 38.4 Å². The third kappa shape index (κ3) is 6.22. The van der Waals surface area contributed by atoms with E-state index in [1.54, 1.807) is 31.4 Å². The summed E-state index contributed by atoms with van der Waals surface area (Å²) >= 11 is 6.50. The molecular formula is C52H59ClN4O8. The smallest absolute Gasteiger partial charge is 0.339 e. The van der Waals surface area contributed by atoms with E-state index in [0.29, 0.717) is 43.7 Å². The monoisotopic (exact) mass is 902 g/mol. The third-order valence-electron chi connectivity index (χ3n) is 16.2. The van der Waals surface area contributed by atoms with E-state index in [2.05, 4.69) is 70.0 Å². The standard InChI is InChI=1S/C52H59ClN4O8/c1-7-32-24-33-27-51(48(60)63-6,43-35(18-22-56(28-32)29-33)34-14-10-12-17-40(34)54-43)38-25-37-41(26-42(38)62-5)55(4)46-50(37)20-23-57-21-13-19-49(8-2,45(50)57)47(65-31(3)58)52(46,61)30-64-44(59)36-15-9-11-16-39(36)53/h9-17,19,24-26,33,45-47,54,61H,7-8,18,20-23,27-30H2,1-6H3/t33-,45+,46+,47+,49+,50-,51-,52-/m0/s1. The van der Waals surface area contributed by atoms with Crippen molar-refractivity contribution in [3.05, 3.63) is 117 Å². The fraction of sp³-hybridized carbons (Fsp3) is 0.481. The molecule has 6 heterocycles. The molecule has 9 atom stereocenters. The van der Waals surface area contributed by atoms with Crippen LogP contribution in [0.5, 0.6) is 5.75 Å². The number of fused-ring (bicyclic) bond motifs is 6. The lowest BCUT2D eigenvalue weighted by Crippen LogP contribution is -2.80. The van der Waals surface area contributed by atoms with E-state index in [-0.39, 0.29) is 28.5 Å². The van der Waals surface area contributed by atoms with Crippen molar-refractivity contribution >= 4 is 46.1 Å². The molecule has 0 amide bonds. The van der Waals surface area contributed by atoms with Gasteiger partial charge in [0.25, 0.3) is 0 Å². The van der Waals surface area contributed by atoms with E-state index in [0.717, 1.165) is 65.9 Å². The summed E-state index contributed by atoms with van der Waals surface area (Å²) in [6.07, 6.45) is 8.71. The van der Waals surface area contributed by atoms with Gasteiger partial charge in [-0.1, -0.05) is 79.6 Å². The van der Waals surface area contributed by atoms with E-state index in [1.807, 2.05) is 25.2 Å². The SMILES string of the molecule is CCC1=C[C@@H]2CN(CCc3c([nH]c4ccccc34)[C@@](C(=O)OC)(c3cc4c(cc3OC)N(C)[C@H]3[C@@](O)(COC(=O)c5ccccc5Cl)[C@H](OC(C)=O)[C@]5(CC)C=CCN6CC[C@@]43[C@H]65)C2)C1. The average molecular weight is 904 g/mol. The maximum atomic E-state index is 15.4. The van der Waals surface area contributed by atoms with Gasteiger partial charge in [-0.25, -0.2) is 4.79 Å². The van der Waals surface area contributed by atoms with E-state index in [4.69, 9.17) is 30.5 Å². The highest BCUT2D eigenvalue weighted by molar-refractivity contribution is 6.33. The first kappa shape index (κ1) is 43.7. The summed E-state index contributed by atoms with van der Waals surface area (Å²) in [5, 5.41) is 15.2. The fourth-order valence-electron chi connectivity index (χ4n) is 13.9. The predicted molar refractivity (Wildman–Crippen MR) is 249 cm³/mol. The van der Waals surface area contributed by atoms with Gasteiger partial charge in [0.2, 0.25) is 0 Å². The summed E-state index contributed by atoms with van der Waals surface area (Å²) in [7, 11) is 5.06. The molecule has 1 saturated heterocycles. The molecule has 65 heavy (non-hydrogen) atoms. The van der Waals surface area contributed by atoms with Crippen molar-refractivity contribution in [2.45, 2.75) is 87.5 Å². The number of methoxy groups -OCH3 is 2. The van der Waals surface area contributed by atoms with Crippen molar-refractivity contribution in [3.63, 3.8) is 0 Å². The Kier molecular flexibility index (Phi) is 10.8. The van der Waals surface area contributed by atoms with Crippen molar-refractivity contribution in [1.82, 2.24) is 14.8 Å². The largest absolute Gasteiger partial charge is 0.496 e. The predicted octanol–water partition coefficient (Wildman–Crippen LogP) is 7.13. The van der Waals surface area contributed by atoms with Gasteiger partial charge < -0.3 is 33.9 Å². The maximum Gasteiger partial charge on any atom is 0.339 e. The highest BCUT2D eigenvalue weighted by atomic mass is 35.5. The number of para-hydroxylation sites is 1. The Morgan fingerprint density at radius 3 is 2.52 bits per heavy atom. The number of nitrogens with zero attached hydrogens (tertiary/aromatic N) is 3. The minimum atomic E-state index is -1.95. The maximum absolute atomic E-state index is 15.4. The van der Waals surface area contributed by atoms with Crippen LogP contribution in [0.15, 0.2) is 84.5 Å². The summed E-state index contributed by atoms with van der Waals surface area (Å²) < 4.78 is 25.0. The van der Waals surface area contributed by atoms with Gasteiger partial charge in [0.05, 0.1) is 30.8 Å². The topological polar surface area (TPSA) is 134 Å². The van der Waals surface area contributed by atoms with Gasteiger partial charge in [-0.3, -0.25) is 19.4 Å². The first-order valence-corrected chi connectivity index (χ1v) is 23.5. The van der Waals surface area contributed by atoms with E-state index >= 15 is 4.79 Å². The first-order valence-electron chi connectivity index (χ1n) is 23.1. The fourth-order valence-corrected chi connectivity index (χ4v) is 14.1. The van der Waals surface area contributed by atoms with Gasteiger partial charge in [0.1, 0.15) is 23.9 Å². The van der Waals surface area contributed by atoms with E-state index < -0.39 is 52.5 Å². The zero-order valence-corrected chi connectivity index (χ0v) is 38.9. The van der Waals surface area contributed by atoms with Crippen molar-refractivity contribution in [1.29, 1.82) is 0 Å². The molecule has 1 spiro atoms. The van der Waals surface area contributed by atoms with Gasteiger partial charge in [0, 0.05) is 90.9 Å². The zero-order chi connectivity index (χ0) is 45.6. The molecule has 3 aromatic carbocycles. The molecule has 5 aliphatic heterocycles. The molecule has 10 rings (SSSR count). The molecule has 342 valence electrons. The lowest BCUT2D eigenvalue weighted by molar-refractivity contribution is -0.228. The molecule has 2 fully saturated rings. The van der Waals surface area contributed by atoms with Crippen LogP contribution >= 0.6 is 11.6 Å². The zero-order valence-electron chi connectivity index (χ0n) is 38.1. The normalized spacial score (nSPS) is 32.2. The minimum absolute atomic E-state index is 0.0111. The van der Waals surface area contributed by atoms with Crippen LogP contribution in [-0.4, -0.2) is 122 Å². The summed E-state index contributed by atoms with van der Waals surface area (Å²) in [6.45, 7) is 9.03. The Hall–Kier alpha value is -5.14. The summed E-state index contributed by atoms with van der Waals surface area (Å²) in [6, 6.07) is 18.1. The second-order valence-electron chi connectivity index (χ2n) is 19.2. The molecule has 2 N–H and O–H groups in total. The van der Waals surface area contributed by atoms with E-state index in [1.165, 1.54) is 19.6 Å². The van der Waals surface area contributed by atoms with Gasteiger partial charge in [-0.05, 0) is 80.0 Å². The molecule has 13 heteroatoms.